The average molecular weight is 251 g/mol. The standard InChI is InChI=1S/C14H19ClN2/c1-2-7-17-9-11-8-16-6-5-10-3-4-12(15)14(17)13(10)11/h3-4,11,16H,2,5-9H2,1H3/t11-/m0/s1. The SMILES string of the molecule is CCCN1C[C@@H]2CNCCc3ccc(Cl)c1c32. The van der Waals surface area contributed by atoms with Crippen LogP contribution in [0, 0.1) is 0 Å². The lowest BCUT2D eigenvalue weighted by molar-refractivity contribution is 0.613. The zero-order valence-electron chi connectivity index (χ0n) is 10.3. The molecule has 0 aliphatic carbocycles. The third-order valence-corrected chi connectivity index (χ3v) is 4.18. The van der Waals surface area contributed by atoms with Crippen LogP contribution in [0.1, 0.15) is 30.4 Å². The maximum absolute atomic E-state index is 6.41. The minimum Gasteiger partial charge on any atom is -0.369 e. The van der Waals surface area contributed by atoms with Crippen LogP contribution in [0.25, 0.3) is 0 Å². The zero-order valence-corrected chi connectivity index (χ0v) is 11.1. The van der Waals surface area contributed by atoms with Gasteiger partial charge in [-0.25, -0.2) is 0 Å². The van der Waals surface area contributed by atoms with Crippen molar-refractivity contribution in [1.29, 1.82) is 0 Å². The molecule has 0 saturated carbocycles. The van der Waals surface area contributed by atoms with Crippen molar-refractivity contribution < 1.29 is 0 Å². The number of benzene rings is 1. The van der Waals surface area contributed by atoms with Gasteiger partial charge in [-0.15, -0.1) is 0 Å². The number of hydrogen-bond donors (Lipinski definition) is 1. The van der Waals surface area contributed by atoms with Crippen molar-refractivity contribution in [3.05, 3.63) is 28.3 Å². The molecule has 2 nitrogen and oxygen atoms in total. The van der Waals surface area contributed by atoms with E-state index >= 15 is 0 Å². The lowest BCUT2D eigenvalue weighted by atomic mass is 9.95. The molecule has 0 aromatic heterocycles. The molecule has 0 saturated heterocycles. The van der Waals surface area contributed by atoms with Crippen LogP contribution in [0.4, 0.5) is 5.69 Å². The lowest BCUT2D eigenvalue weighted by Crippen LogP contribution is -2.27. The van der Waals surface area contributed by atoms with Crippen LogP contribution < -0.4 is 10.2 Å². The molecule has 1 aromatic rings. The molecule has 17 heavy (non-hydrogen) atoms. The van der Waals surface area contributed by atoms with Gasteiger partial charge in [0.25, 0.3) is 0 Å². The molecule has 2 heterocycles. The summed E-state index contributed by atoms with van der Waals surface area (Å²) in [6, 6.07) is 4.29. The van der Waals surface area contributed by atoms with Gasteiger partial charge in [0.1, 0.15) is 0 Å². The van der Waals surface area contributed by atoms with E-state index in [0.29, 0.717) is 5.92 Å². The molecule has 0 bridgehead atoms. The number of anilines is 1. The molecule has 92 valence electrons. The normalized spacial score (nSPS) is 22.5. The third kappa shape index (κ3) is 1.84. The summed E-state index contributed by atoms with van der Waals surface area (Å²) in [7, 11) is 0. The van der Waals surface area contributed by atoms with Crippen LogP contribution in [-0.4, -0.2) is 26.2 Å². The summed E-state index contributed by atoms with van der Waals surface area (Å²) in [5.41, 5.74) is 4.34. The van der Waals surface area contributed by atoms with Crippen molar-refractivity contribution in [1.82, 2.24) is 5.32 Å². The summed E-state index contributed by atoms with van der Waals surface area (Å²) in [6.07, 6.45) is 2.32. The van der Waals surface area contributed by atoms with Crippen molar-refractivity contribution >= 4 is 17.3 Å². The van der Waals surface area contributed by atoms with Gasteiger partial charge in [0.2, 0.25) is 0 Å². The van der Waals surface area contributed by atoms with Gasteiger partial charge in [-0.3, -0.25) is 0 Å². The van der Waals surface area contributed by atoms with E-state index in [-0.39, 0.29) is 0 Å². The minimum absolute atomic E-state index is 0.632. The average Bonchev–Trinajstić information content (AvgIpc) is 2.55. The Hall–Kier alpha value is -0.730. The first-order chi connectivity index (χ1) is 8.31. The Kier molecular flexibility index (Phi) is 3.01. The van der Waals surface area contributed by atoms with Crippen molar-refractivity contribution in [2.24, 2.45) is 0 Å². The van der Waals surface area contributed by atoms with E-state index in [2.05, 4.69) is 29.3 Å². The highest BCUT2D eigenvalue weighted by Gasteiger charge is 2.33. The highest BCUT2D eigenvalue weighted by atomic mass is 35.5. The number of nitrogens with zero attached hydrogens (tertiary/aromatic N) is 1. The molecular formula is C14H19ClN2. The molecule has 0 amide bonds. The summed E-state index contributed by atoms with van der Waals surface area (Å²) in [5.74, 6) is 0.632. The maximum atomic E-state index is 6.41. The fourth-order valence-electron chi connectivity index (χ4n) is 3.21. The molecule has 0 unspecified atom stereocenters. The Morgan fingerprint density at radius 3 is 3.18 bits per heavy atom. The molecule has 2 aliphatic rings. The number of halogens is 1. The van der Waals surface area contributed by atoms with Gasteiger partial charge >= 0.3 is 0 Å². The monoisotopic (exact) mass is 250 g/mol. The first-order valence-corrected chi connectivity index (χ1v) is 6.96. The van der Waals surface area contributed by atoms with Crippen LogP contribution in [0.3, 0.4) is 0 Å². The Labute approximate surface area is 108 Å². The van der Waals surface area contributed by atoms with Gasteiger partial charge in [-0.2, -0.15) is 0 Å². The Morgan fingerprint density at radius 1 is 1.47 bits per heavy atom. The van der Waals surface area contributed by atoms with Crippen molar-refractivity contribution in [3.8, 4) is 0 Å². The van der Waals surface area contributed by atoms with E-state index in [1.165, 1.54) is 23.2 Å². The van der Waals surface area contributed by atoms with Gasteiger partial charge in [-0.1, -0.05) is 24.6 Å². The van der Waals surface area contributed by atoms with E-state index < -0.39 is 0 Å². The first kappa shape index (κ1) is 11.4. The summed E-state index contributed by atoms with van der Waals surface area (Å²) in [6.45, 7) is 6.67. The molecule has 3 heteroatoms. The van der Waals surface area contributed by atoms with Gasteiger partial charge < -0.3 is 10.2 Å². The lowest BCUT2D eigenvalue weighted by Gasteiger charge is -2.20. The molecule has 0 radical (unpaired) electrons. The summed E-state index contributed by atoms with van der Waals surface area (Å²) < 4.78 is 0. The van der Waals surface area contributed by atoms with Gasteiger partial charge in [-0.05, 0) is 36.6 Å². The van der Waals surface area contributed by atoms with E-state index in [1.54, 1.807) is 0 Å². The van der Waals surface area contributed by atoms with E-state index in [9.17, 15) is 0 Å². The predicted molar refractivity (Wildman–Crippen MR) is 73.3 cm³/mol. The smallest absolute Gasteiger partial charge is 0.0642 e. The van der Waals surface area contributed by atoms with Crippen molar-refractivity contribution in [2.45, 2.75) is 25.7 Å². The fraction of sp³-hybridized carbons (Fsp3) is 0.571. The molecule has 1 aromatic carbocycles. The molecule has 0 spiro atoms. The summed E-state index contributed by atoms with van der Waals surface area (Å²) >= 11 is 6.41. The van der Waals surface area contributed by atoms with E-state index in [4.69, 9.17) is 11.6 Å². The van der Waals surface area contributed by atoms with Crippen LogP contribution >= 0.6 is 11.6 Å². The first-order valence-electron chi connectivity index (χ1n) is 6.58. The van der Waals surface area contributed by atoms with E-state index in [0.717, 1.165) is 37.6 Å². The maximum Gasteiger partial charge on any atom is 0.0642 e. The van der Waals surface area contributed by atoms with Gasteiger partial charge in [0.05, 0.1) is 10.7 Å². The molecule has 1 atom stereocenters. The predicted octanol–water partition coefficient (Wildman–Crippen LogP) is 2.80. The van der Waals surface area contributed by atoms with Gasteiger partial charge in [0.15, 0.2) is 0 Å². The molecule has 0 fully saturated rings. The van der Waals surface area contributed by atoms with E-state index in [1.807, 2.05) is 0 Å². The van der Waals surface area contributed by atoms with Crippen LogP contribution in [0.2, 0.25) is 5.02 Å². The molecule has 2 aliphatic heterocycles. The summed E-state index contributed by atoms with van der Waals surface area (Å²) in [4.78, 5) is 2.47. The highest BCUT2D eigenvalue weighted by Crippen LogP contribution is 2.43. The number of hydrogen-bond acceptors (Lipinski definition) is 2. The fourth-order valence-corrected chi connectivity index (χ4v) is 3.49. The van der Waals surface area contributed by atoms with Gasteiger partial charge in [0, 0.05) is 25.6 Å². The second-order valence-corrected chi connectivity index (χ2v) is 5.47. The number of rotatable bonds is 2. The van der Waals surface area contributed by atoms with Crippen molar-refractivity contribution in [2.75, 3.05) is 31.1 Å². The Balaban J connectivity index is 2.10. The van der Waals surface area contributed by atoms with Crippen LogP contribution in [-0.2, 0) is 6.42 Å². The minimum atomic E-state index is 0.632. The highest BCUT2D eigenvalue weighted by molar-refractivity contribution is 6.33. The second-order valence-electron chi connectivity index (χ2n) is 5.07. The molecule has 3 rings (SSSR count). The Morgan fingerprint density at radius 2 is 2.35 bits per heavy atom. The molecule has 1 N–H and O–H groups in total. The van der Waals surface area contributed by atoms with Crippen LogP contribution in [0.5, 0.6) is 0 Å². The largest absolute Gasteiger partial charge is 0.369 e. The summed E-state index contributed by atoms with van der Waals surface area (Å²) in [5, 5.41) is 4.47. The third-order valence-electron chi connectivity index (χ3n) is 3.88. The Bertz CT molecular complexity index is 430. The van der Waals surface area contributed by atoms with Crippen molar-refractivity contribution in [3.63, 3.8) is 0 Å². The molecular weight excluding hydrogens is 232 g/mol. The quantitative estimate of drug-likeness (QED) is 0.869. The second kappa shape index (κ2) is 4.51. The number of nitrogens with one attached hydrogen (secondary N) is 1. The van der Waals surface area contributed by atoms with Crippen LogP contribution in [0.15, 0.2) is 12.1 Å². The topological polar surface area (TPSA) is 15.3 Å². The zero-order chi connectivity index (χ0) is 11.8.